The van der Waals surface area contributed by atoms with E-state index in [-0.39, 0.29) is 11.8 Å². The average molecular weight is 296 g/mol. The maximum atomic E-state index is 12.6. The van der Waals surface area contributed by atoms with Gasteiger partial charge in [0.15, 0.2) is 0 Å². The van der Waals surface area contributed by atoms with Crippen molar-refractivity contribution in [3.05, 3.63) is 54.1 Å². The van der Waals surface area contributed by atoms with Gasteiger partial charge in [0.2, 0.25) is 5.91 Å². The number of ether oxygens (including phenoxy) is 1. The fourth-order valence-electron chi connectivity index (χ4n) is 2.32. The van der Waals surface area contributed by atoms with Gasteiger partial charge in [0.1, 0.15) is 5.75 Å². The molecule has 2 aromatic rings. The third-order valence-corrected chi connectivity index (χ3v) is 3.54. The van der Waals surface area contributed by atoms with Gasteiger partial charge in [-0.05, 0) is 30.3 Å². The van der Waals surface area contributed by atoms with Gasteiger partial charge >= 0.3 is 0 Å². The normalized spacial score (nSPS) is 13.4. The summed E-state index contributed by atoms with van der Waals surface area (Å²) in [5.74, 6) is 0.331. The summed E-state index contributed by atoms with van der Waals surface area (Å²) in [6.07, 6.45) is 0.307. The van der Waals surface area contributed by atoms with E-state index in [0.717, 1.165) is 5.69 Å². The Hall–Kier alpha value is -2.82. The topological polar surface area (TPSA) is 58.6 Å². The summed E-state index contributed by atoms with van der Waals surface area (Å²) in [4.78, 5) is 25.7. The van der Waals surface area contributed by atoms with Gasteiger partial charge in [-0.3, -0.25) is 9.59 Å². The molecule has 112 valence electrons. The number of fused-ring (bicyclic) bond motifs is 1. The van der Waals surface area contributed by atoms with Crippen LogP contribution in [0.5, 0.6) is 5.75 Å². The second-order valence-electron chi connectivity index (χ2n) is 5.06. The number of hydrogen-bond donors (Lipinski definition) is 1. The number of anilines is 2. The van der Waals surface area contributed by atoms with Crippen LogP contribution in [0.3, 0.4) is 0 Å². The van der Waals surface area contributed by atoms with Gasteiger partial charge in [0, 0.05) is 18.3 Å². The summed E-state index contributed by atoms with van der Waals surface area (Å²) in [6.45, 7) is 0.343. The number of nitrogens with one attached hydrogen (secondary N) is 1. The first kappa shape index (κ1) is 14.1. The molecule has 0 unspecified atom stereocenters. The predicted octanol–water partition coefficient (Wildman–Crippen LogP) is 2.68. The molecule has 0 aromatic heterocycles. The zero-order valence-electron chi connectivity index (χ0n) is 12.2. The number of carbonyl (C=O) groups excluding carboxylic acids is 2. The standard InChI is InChI=1S/C17H16N2O3/c1-19(13-5-3-2-4-6-13)17(21)12-7-8-15-14(11-12)18-16(20)9-10-22-15/h2-8,11H,9-10H2,1H3,(H,18,20). The molecule has 0 aliphatic carbocycles. The Balaban J connectivity index is 1.89. The maximum absolute atomic E-state index is 12.6. The Kier molecular flexibility index (Phi) is 3.78. The highest BCUT2D eigenvalue weighted by molar-refractivity contribution is 6.07. The van der Waals surface area contributed by atoms with Gasteiger partial charge < -0.3 is 15.0 Å². The number of amides is 2. The van der Waals surface area contributed by atoms with Crippen molar-refractivity contribution in [2.75, 3.05) is 23.9 Å². The average Bonchev–Trinajstić information content (AvgIpc) is 2.74. The summed E-state index contributed by atoms with van der Waals surface area (Å²) in [5.41, 5.74) is 1.84. The first-order valence-electron chi connectivity index (χ1n) is 7.05. The van der Waals surface area contributed by atoms with Gasteiger partial charge in [-0.1, -0.05) is 18.2 Å². The molecule has 5 nitrogen and oxygen atoms in total. The van der Waals surface area contributed by atoms with Crippen molar-refractivity contribution in [3.63, 3.8) is 0 Å². The van der Waals surface area contributed by atoms with Crippen LogP contribution >= 0.6 is 0 Å². The lowest BCUT2D eigenvalue weighted by atomic mass is 10.1. The molecule has 0 bridgehead atoms. The Morgan fingerprint density at radius 1 is 1.18 bits per heavy atom. The van der Waals surface area contributed by atoms with Crippen LogP contribution in [0.2, 0.25) is 0 Å². The van der Waals surface area contributed by atoms with Crippen molar-refractivity contribution in [2.45, 2.75) is 6.42 Å². The number of rotatable bonds is 2. The van der Waals surface area contributed by atoms with Crippen molar-refractivity contribution in [1.29, 1.82) is 0 Å². The lowest BCUT2D eigenvalue weighted by Gasteiger charge is -2.18. The third kappa shape index (κ3) is 2.79. The molecule has 0 radical (unpaired) electrons. The molecule has 0 fully saturated rings. The summed E-state index contributed by atoms with van der Waals surface area (Å²) in [6, 6.07) is 14.5. The van der Waals surface area contributed by atoms with Crippen LogP contribution in [0, 0.1) is 0 Å². The number of nitrogens with zero attached hydrogens (tertiary/aromatic N) is 1. The van der Waals surface area contributed by atoms with E-state index in [1.165, 1.54) is 0 Å². The summed E-state index contributed by atoms with van der Waals surface area (Å²) < 4.78 is 5.49. The van der Waals surface area contributed by atoms with Gasteiger partial charge in [0.25, 0.3) is 5.91 Å². The summed E-state index contributed by atoms with van der Waals surface area (Å²) >= 11 is 0. The first-order chi connectivity index (χ1) is 10.6. The smallest absolute Gasteiger partial charge is 0.258 e. The first-order valence-corrected chi connectivity index (χ1v) is 7.05. The van der Waals surface area contributed by atoms with E-state index in [1.807, 2.05) is 30.3 Å². The molecule has 0 atom stereocenters. The highest BCUT2D eigenvalue weighted by Gasteiger charge is 2.18. The van der Waals surface area contributed by atoms with Gasteiger partial charge in [-0.2, -0.15) is 0 Å². The second-order valence-corrected chi connectivity index (χ2v) is 5.06. The number of benzene rings is 2. The molecule has 0 saturated heterocycles. The molecule has 0 saturated carbocycles. The monoisotopic (exact) mass is 296 g/mol. The minimum absolute atomic E-state index is 0.111. The van der Waals surface area contributed by atoms with Crippen molar-refractivity contribution in [2.24, 2.45) is 0 Å². The molecule has 5 heteroatoms. The molecule has 1 aliphatic rings. The lowest BCUT2D eigenvalue weighted by Crippen LogP contribution is -2.26. The molecule has 1 N–H and O–H groups in total. The molecule has 0 spiro atoms. The van der Waals surface area contributed by atoms with Gasteiger partial charge in [0.05, 0.1) is 18.7 Å². The Labute approximate surface area is 128 Å². The van der Waals surface area contributed by atoms with E-state index >= 15 is 0 Å². The van der Waals surface area contributed by atoms with Crippen LogP contribution in [0.25, 0.3) is 0 Å². The maximum Gasteiger partial charge on any atom is 0.258 e. The van der Waals surface area contributed by atoms with Crippen LogP contribution in [0.15, 0.2) is 48.5 Å². The molecule has 1 heterocycles. The number of para-hydroxylation sites is 1. The van der Waals surface area contributed by atoms with E-state index in [0.29, 0.717) is 30.0 Å². The molecular weight excluding hydrogens is 280 g/mol. The highest BCUT2D eigenvalue weighted by Crippen LogP contribution is 2.29. The summed E-state index contributed by atoms with van der Waals surface area (Å²) in [5, 5.41) is 2.76. The lowest BCUT2D eigenvalue weighted by molar-refractivity contribution is -0.116. The van der Waals surface area contributed by atoms with Gasteiger partial charge in [-0.15, -0.1) is 0 Å². The SMILES string of the molecule is CN(C(=O)c1ccc2c(c1)NC(=O)CCO2)c1ccccc1. The number of carbonyl (C=O) groups is 2. The van der Waals surface area contributed by atoms with Crippen LogP contribution in [0.1, 0.15) is 16.8 Å². The van der Waals surface area contributed by atoms with E-state index in [9.17, 15) is 9.59 Å². The van der Waals surface area contributed by atoms with E-state index in [4.69, 9.17) is 4.74 Å². The van der Waals surface area contributed by atoms with E-state index in [2.05, 4.69) is 5.32 Å². The minimum Gasteiger partial charge on any atom is -0.491 e. The van der Waals surface area contributed by atoms with Gasteiger partial charge in [-0.25, -0.2) is 0 Å². The molecule has 22 heavy (non-hydrogen) atoms. The fraction of sp³-hybridized carbons (Fsp3) is 0.176. The van der Waals surface area contributed by atoms with Crippen LogP contribution in [0.4, 0.5) is 11.4 Å². The highest BCUT2D eigenvalue weighted by atomic mass is 16.5. The molecule has 2 amide bonds. The van der Waals surface area contributed by atoms with Crippen LogP contribution < -0.4 is 15.0 Å². The Morgan fingerprint density at radius 3 is 2.73 bits per heavy atom. The third-order valence-electron chi connectivity index (χ3n) is 3.54. The minimum atomic E-state index is -0.146. The quantitative estimate of drug-likeness (QED) is 0.927. The van der Waals surface area contributed by atoms with E-state index in [1.54, 1.807) is 30.1 Å². The summed E-state index contributed by atoms with van der Waals surface area (Å²) in [7, 11) is 1.72. The fourth-order valence-corrected chi connectivity index (χ4v) is 2.32. The largest absolute Gasteiger partial charge is 0.491 e. The second kappa shape index (κ2) is 5.89. The van der Waals surface area contributed by atoms with E-state index < -0.39 is 0 Å². The van der Waals surface area contributed by atoms with Crippen molar-refractivity contribution in [1.82, 2.24) is 0 Å². The predicted molar refractivity (Wildman–Crippen MR) is 84.4 cm³/mol. The zero-order chi connectivity index (χ0) is 15.5. The van der Waals surface area contributed by atoms with Crippen molar-refractivity contribution < 1.29 is 14.3 Å². The van der Waals surface area contributed by atoms with Crippen molar-refractivity contribution in [3.8, 4) is 5.75 Å². The Morgan fingerprint density at radius 2 is 1.95 bits per heavy atom. The van der Waals surface area contributed by atoms with Crippen LogP contribution in [-0.4, -0.2) is 25.5 Å². The number of hydrogen-bond acceptors (Lipinski definition) is 3. The van der Waals surface area contributed by atoms with Crippen molar-refractivity contribution >= 4 is 23.2 Å². The molecule has 2 aromatic carbocycles. The molecule has 3 rings (SSSR count). The van der Waals surface area contributed by atoms with Crippen LogP contribution in [-0.2, 0) is 4.79 Å². The zero-order valence-corrected chi connectivity index (χ0v) is 12.2. The molecule has 1 aliphatic heterocycles. The molecular formula is C17H16N2O3. The Bertz CT molecular complexity index is 713.